The second-order valence-corrected chi connectivity index (χ2v) is 10.4. The van der Waals surface area contributed by atoms with E-state index in [1.165, 1.54) is 24.6 Å². The van der Waals surface area contributed by atoms with Crippen LogP contribution in [0.2, 0.25) is 0 Å². The van der Waals surface area contributed by atoms with Crippen LogP contribution in [0.3, 0.4) is 0 Å². The fourth-order valence-corrected chi connectivity index (χ4v) is 5.68. The summed E-state index contributed by atoms with van der Waals surface area (Å²) in [5.41, 5.74) is 1.10. The number of nitrogens with zero attached hydrogens (tertiary/aromatic N) is 5. The molecule has 0 saturated carbocycles. The molecule has 186 valence electrons. The molecule has 1 unspecified atom stereocenters. The van der Waals surface area contributed by atoms with E-state index in [0.717, 1.165) is 67.1 Å². The monoisotopic (exact) mass is 495 g/mol. The number of thioether (sulfide) groups is 1. The molecule has 1 saturated heterocycles. The summed E-state index contributed by atoms with van der Waals surface area (Å²) in [5, 5.41) is 9.79. The molecule has 0 bridgehead atoms. The molecule has 4 heterocycles. The van der Waals surface area contributed by atoms with Gasteiger partial charge in [0.05, 0.1) is 31.4 Å². The van der Waals surface area contributed by atoms with Gasteiger partial charge in [0.1, 0.15) is 11.5 Å². The maximum absolute atomic E-state index is 13.5. The first-order valence-electron chi connectivity index (χ1n) is 12.5. The molecule has 35 heavy (non-hydrogen) atoms. The van der Waals surface area contributed by atoms with E-state index < -0.39 is 0 Å². The second-order valence-electron chi connectivity index (χ2n) is 9.43. The molecule has 0 aromatic carbocycles. The highest BCUT2D eigenvalue weighted by molar-refractivity contribution is 7.99. The lowest BCUT2D eigenvalue weighted by molar-refractivity contribution is -0.127. The molecule has 3 aromatic rings. The minimum absolute atomic E-state index is 0.0558. The highest BCUT2D eigenvalue weighted by Gasteiger charge is 2.26. The maximum atomic E-state index is 13.5. The minimum Gasteiger partial charge on any atom is -0.467 e. The summed E-state index contributed by atoms with van der Waals surface area (Å²) in [6, 6.07) is 7.64. The molecular weight excluding hydrogens is 462 g/mol. The van der Waals surface area contributed by atoms with E-state index in [2.05, 4.69) is 32.7 Å². The van der Waals surface area contributed by atoms with Crippen LogP contribution in [0.15, 0.2) is 62.6 Å². The summed E-state index contributed by atoms with van der Waals surface area (Å²) in [6.45, 7) is 5.20. The van der Waals surface area contributed by atoms with Gasteiger partial charge in [0.15, 0.2) is 5.16 Å². The van der Waals surface area contributed by atoms with Gasteiger partial charge in [-0.1, -0.05) is 24.8 Å². The third-order valence-electron chi connectivity index (χ3n) is 6.66. The molecule has 0 radical (unpaired) electrons. The normalized spacial score (nSPS) is 18.5. The smallest absolute Gasteiger partial charge is 0.237 e. The summed E-state index contributed by atoms with van der Waals surface area (Å²) >= 11 is 1.44. The van der Waals surface area contributed by atoms with Crippen LogP contribution in [0.25, 0.3) is 0 Å². The van der Waals surface area contributed by atoms with Crippen molar-refractivity contribution in [3.8, 4) is 0 Å². The highest BCUT2D eigenvalue weighted by atomic mass is 32.2. The Hall–Kier alpha value is -2.94. The van der Waals surface area contributed by atoms with Crippen LogP contribution < -0.4 is 4.90 Å². The fourth-order valence-electron chi connectivity index (χ4n) is 4.87. The van der Waals surface area contributed by atoms with E-state index in [1.54, 1.807) is 12.5 Å². The van der Waals surface area contributed by atoms with E-state index in [1.807, 2.05) is 29.2 Å². The number of anilines is 1. The Labute approximate surface area is 210 Å². The molecule has 8 nitrogen and oxygen atoms in total. The molecule has 3 aromatic heterocycles. The first-order chi connectivity index (χ1) is 17.2. The number of carbonyl (C=O) groups excluding carboxylic acids is 1. The van der Waals surface area contributed by atoms with E-state index in [9.17, 15) is 4.79 Å². The van der Waals surface area contributed by atoms with Crippen molar-refractivity contribution in [3.63, 3.8) is 0 Å². The number of furan rings is 2. The lowest BCUT2D eigenvalue weighted by Gasteiger charge is -2.31. The van der Waals surface area contributed by atoms with Gasteiger partial charge in [-0.3, -0.25) is 9.36 Å². The summed E-state index contributed by atoms with van der Waals surface area (Å²) < 4.78 is 13.3. The number of rotatable bonds is 9. The van der Waals surface area contributed by atoms with Gasteiger partial charge in [-0.2, -0.15) is 0 Å². The number of hydrogen-bond acceptors (Lipinski definition) is 7. The molecular formula is C26H33N5O3S. The number of hydrogen-bond donors (Lipinski definition) is 0. The van der Waals surface area contributed by atoms with Crippen LogP contribution in [0.1, 0.15) is 57.0 Å². The average molecular weight is 496 g/mol. The Morgan fingerprint density at radius 2 is 1.97 bits per heavy atom. The van der Waals surface area contributed by atoms with Gasteiger partial charge in [0.2, 0.25) is 11.9 Å². The average Bonchev–Trinajstić information content (AvgIpc) is 3.65. The predicted octanol–water partition coefficient (Wildman–Crippen LogP) is 5.33. The zero-order valence-electron chi connectivity index (χ0n) is 20.3. The molecule has 1 aliphatic heterocycles. The van der Waals surface area contributed by atoms with Crippen molar-refractivity contribution in [1.82, 2.24) is 19.7 Å². The molecule has 1 fully saturated rings. The molecule has 1 aliphatic carbocycles. The molecule has 0 N–H and O–H groups in total. The summed E-state index contributed by atoms with van der Waals surface area (Å²) in [6.07, 6.45) is 12.1. The zero-order chi connectivity index (χ0) is 24.0. The van der Waals surface area contributed by atoms with Crippen LogP contribution in [0.4, 0.5) is 5.95 Å². The highest BCUT2D eigenvalue weighted by Crippen LogP contribution is 2.29. The van der Waals surface area contributed by atoms with Crippen LogP contribution in [-0.4, -0.2) is 44.4 Å². The lowest BCUT2D eigenvalue weighted by atomic mass is 10.0. The number of amides is 1. The Balaban J connectivity index is 1.34. The van der Waals surface area contributed by atoms with Gasteiger partial charge in [-0.15, -0.1) is 10.2 Å². The minimum atomic E-state index is 0.0558. The van der Waals surface area contributed by atoms with E-state index >= 15 is 0 Å². The molecule has 2 aliphatic rings. The van der Waals surface area contributed by atoms with Crippen molar-refractivity contribution >= 4 is 23.6 Å². The number of aromatic nitrogens is 3. The molecule has 1 atom stereocenters. The SMILES string of the molecule is CC1CCCN(c2nnc(SCC(=O)N(Cc3ccco3)C3=CCCCC3)n2Cc2ccco2)C1. The number of piperidine rings is 1. The lowest BCUT2D eigenvalue weighted by Crippen LogP contribution is -2.36. The maximum Gasteiger partial charge on any atom is 0.237 e. The van der Waals surface area contributed by atoms with Crippen LogP contribution in [0, 0.1) is 5.92 Å². The van der Waals surface area contributed by atoms with Crippen molar-refractivity contribution in [2.45, 2.75) is 63.7 Å². The first-order valence-corrected chi connectivity index (χ1v) is 13.5. The fraction of sp³-hybridized carbons (Fsp3) is 0.500. The van der Waals surface area contributed by atoms with Crippen molar-refractivity contribution < 1.29 is 13.6 Å². The van der Waals surface area contributed by atoms with E-state index in [0.29, 0.717) is 19.0 Å². The van der Waals surface area contributed by atoms with Gasteiger partial charge < -0.3 is 18.6 Å². The van der Waals surface area contributed by atoms with Crippen molar-refractivity contribution in [2.24, 2.45) is 5.92 Å². The Bertz CT molecular complexity index is 1120. The first kappa shape index (κ1) is 23.8. The Morgan fingerprint density at radius 1 is 1.14 bits per heavy atom. The quantitative estimate of drug-likeness (QED) is 0.371. The standard InChI is InChI=1S/C26H33N5O3S/c1-20-8-5-13-29(16-20)25-27-28-26(31(25)18-23-12-7-15-34-23)35-19-24(32)30(17-22-11-6-14-33-22)21-9-3-2-4-10-21/h6-7,9,11-12,14-15,20H,2-5,8,10,13,16-19H2,1H3. The largest absolute Gasteiger partial charge is 0.467 e. The zero-order valence-corrected chi connectivity index (χ0v) is 21.1. The van der Waals surface area contributed by atoms with E-state index in [-0.39, 0.29) is 11.7 Å². The Morgan fingerprint density at radius 3 is 2.69 bits per heavy atom. The van der Waals surface area contributed by atoms with Gasteiger partial charge >= 0.3 is 0 Å². The van der Waals surface area contributed by atoms with Crippen molar-refractivity contribution in [2.75, 3.05) is 23.7 Å². The van der Waals surface area contributed by atoms with E-state index in [4.69, 9.17) is 8.83 Å². The summed E-state index contributed by atoms with van der Waals surface area (Å²) in [5.74, 6) is 3.44. The molecule has 5 rings (SSSR count). The molecule has 9 heteroatoms. The van der Waals surface area contributed by atoms with Gasteiger partial charge in [-0.05, 0) is 68.7 Å². The third kappa shape index (κ3) is 5.83. The van der Waals surface area contributed by atoms with Crippen molar-refractivity contribution in [3.05, 3.63) is 60.1 Å². The van der Waals surface area contributed by atoms with Crippen molar-refractivity contribution in [1.29, 1.82) is 0 Å². The summed E-state index contributed by atoms with van der Waals surface area (Å²) in [4.78, 5) is 17.6. The molecule has 1 amide bonds. The van der Waals surface area contributed by atoms with Gasteiger partial charge in [0.25, 0.3) is 0 Å². The van der Waals surface area contributed by atoms with Gasteiger partial charge in [0, 0.05) is 18.8 Å². The number of allylic oxidation sites excluding steroid dienone is 2. The summed E-state index contributed by atoms with van der Waals surface area (Å²) in [7, 11) is 0. The van der Waals surface area contributed by atoms with Gasteiger partial charge in [-0.25, -0.2) is 0 Å². The van der Waals surface area contributed by atoms with Crippen LogP contribution in [-0.2, 0) is 17.9 Å². The second kappa shape index (κ2) is 11.2. The number of carbonyl (C=O) groups is 1. The third-order valence-corrected chi connectivity index (χ3v) is 7.62. The van der Waals surface area contributed by atoms with Crippen LogP contribution in [0.5, 0.6) is 0 Å². The predicted molar refractivity (Wildman–Crippen MR) is 135 cm³/mol. The topological polar surface area (TPSA) is 80.5 Å². The van der Waals surface area contributed by atoms with Crippen LogP contribution >= 0.6 is 11.8 Å². The molecule has 0 spiro atoms. The Kier molecular flexibility index (Phi) is 7.61.